The number of nitrogens with two attached hydrogens (primary N) is 2. The SMILES string of the molecule is Cc1cc(C(O)CN)cc(N)c1C. The molecule has 0 bridgehead atoms. The Bertz CT molecular complexity index is 287. The molecule has 0 fully saturated rings. The van der Waals surface area contributed by atoms with E-state index in [1.807, 2.05) is 19.9 Å². The van der Waals surface area contributed by atoms with Gasteiger partial charge in [-0.15, -0.1) is 0 Å². The van der Waals surface area contributed by atoms with Crippen LogP contribution < -0.4 is 11.5 Å². The van der Waals surface area contributed by atoms with E-state index in [0.717, 1.165) is 16.7 Å². The van der Waals surface area contributed by atoms with Gasteiger partial charge in [0.15, 0.2) is 0 Å². The molecule has 0 aromatic heterocycles. The normalized spacial score (nSPS) is 12.9. The fourth-order valence-corrected chi connectivity index (χ4v) is 1.24. The zero-order valence-corrected chi connectivity index (χ0v) is 8.04. The highest BCUT2D eigenvalue weighted by atomic mass is 16.3. The van der Waals surface area contributed by atoms with E-state index in [1.165, 1.54) is 0 Å². The molecule has 0 aliphatic carbocycles. The monoisotopic (exact) mass is 180 g/mol. The quantitative estimate of drug-likeness (QED) is 0.591. The van der Waals surface area contributed by atoms with Crippen molar-refractivity contribution in [1.82, 2.24) is 0 Å². The summed E-state index contributed by atoms with van der Waals surface area (Å²) in [6.45, 7) is 4.16. The Morgan fingerprint density at radius 1 is 1.38 bits per heavy atom. The maximum absolute atomic E-state index is 9.49. The summed E-state index contributed by atoms with van der Waals surface area (Å²) in [5, 5.41) is 9.49. The van der Waals surface area contributed by atoms with Gasteiger partial charge in [0.2, 0.25) is 0 Å². The van der Waals surface area contributed by atoms with E-state index in [2.05, 4.69) is 0 Å². The lowest BCUT2D eigenvalue weighted by Crippen LogP contribution is -2.12. The fraction of sp³-hybridized carbons (Fsp3) is 0.400. The number of aliphatic hydroxyl groups excluding tert-OH is 1. The molecule has 3 nitrogen and oxygen atoms in total. The molecule has 1 aromatic rings. The Hall–Kier alpha value is -1.06. The lowest BCUT2D eigenvalue weighted by atomic mass is 10.0. The summed E-state index contributed by atoms with van der Waals surface area (Å²) >= 11 is 0. The molecule has 3 heteroatoms. The fourth-order valence-electron chi connectivity index (χ4n) is 1.24. The first-order valence-corrected chi connectivity index (χ1v) is 4.31. The molecule has 0 heterocycles. The van der Waals surface area contributed by atoms with E-state index < -0.39 is 6.10 Å². The van der Waals surface area contributed by atoms with Crippen LogP contribution in [0.4, 0.5) is 5.69 Å². The van der Waals surface area contributed by atoms with Gasteiger partial charge in [0.25, 0.3) is 0 Å². The number of anilines is 1. The van der Waals surface area contributed by atoms with Crippen molar-refractivity contribution in [1.29, 1.82) is 0 Å². The van der Waals surface area contributed by atoms with E-state index in [-0.39, 0.29) is 6.54 Å². The molecule has 1 atom stereocenters. The van der Waals surface area contributed by atoms with Gasteiger partial charge in [0.05, 0.1) is 6.10 Å². The predicted octanol–water partition coefficient (Wildman–Crippen LogP) is 0.878. The second-order valence-electron chi connectivity index (χ2n) is 3.30. The van der Waals surface area contributed by atoms with Gasteiger partial charge in [-0.25, -0.2) is 0 Å². The molecule has 0 saturated heterocycles. The van der Waals surface area contributed by atoms with Crippen LogP contribution in [0.2, 0.25) is 0 Å². The third kappa shape index (κ3) is 1.99. The highest BCUT2D eigenvalue weighted by molar-refractivity contribution is 5.52. The number of rotatable bonds is 2. The molecule has 0 radical (unpaired) electrons. The third-order valence-corrected chi connectivity index (χ3v) is 2.34. The summed E-state index contributed by atoms with van der Waals surface area (Å²) in [5.74, 6) is 0. The second-order valence-corrected chi connectivity index (χ2v) is 3.30. The molecule has 0 amide bonds. The van der Waals surface area contributed by atoms with Crippen LogP contribution in [-0.4, -0.2) is 11.7 Å². The van der Waals surface area contributed by atoms with Crippen molar-refractivity contribution in [3.63, 3.8) is 0 Å². The first kappa shape index (κ1) is 10.0. The molecule has 72 valence electrons. The molecular formula is C10H16N2O. The van der Waals surface area contributed by atoms with Crippen molar-refractivity contribution in [3.05, 3.63) is 28.8 Å². The minimum Gasteiger partial charge on any atom is -0.398 e. The molecule has 13 heavy (non-hydrogen) atoms. The van der Waals surface area contributed by atoms with Crippen LogP contribution in [0.1, 0.15) is 22.8 Å². The van der Waals surface area contributed by atoms with Crippen molar-refractivity contribution >= 4 is 5.69 Å². The van der Waals surface area contributed by atoms with Crippen LogP contribution in [-0.2, 0) is 0 Å². The van der Waals surface area contributed by atoms with Crippen molar-refractivity contribution in [3.8, 4) is 0 Å². The minimum absolute atomic E-state index is 0.224. The van der Waals surface area contributed by atoms with Gasteiger partial charge in [-0.1, -0.05) is 6.07 Å². The van der Waals surface area contributed by atoms with Crippen molar-refractivity contribution < 1.29 is 5.11 Å². The maximum Gasteiger partial charge on any atom is 0.0913 e. The minimum atomic E-state index is -0.610. The predicted molar refractivity (Wildman–Crippen MR) is 54.3 cm³/mol. The van der Waals surface area contributed by atoms with Crippen LogP contribution in [0.5, 0.6) is 0 Å². The molecule has 0 saturated carbocycles. The Kier molecular flexibility index (Phi) is 2.90. The number of hydrogen-bond acceptors (Lipinski definition) is 3. The third-order valence-electron chi connectivity index (χ3n) is 2.34. The standard InChI is InChI=1S/C10H16N2O/c1-6-3-8(10(13)5-11)4-9(12)7(6)2/h3-4,10,13H,5,11-12H2,1-2H3. The first-order chi connectivity index (χ1) is 6.06. The summed E-state index contributed by atoms with van der Waals surface area (Å²) in [5.41, 5.74) is 14.8. The molecule has 1 rings (SSSR count). The second kappa shape index (κ2) is 3.77. The number of aliphatic hydroxyl groups is 1. The van der Waals surface area contributed by atoms with Gasteiger partial charge in [0.1, 0.15) is 0 Å². The molecule has 1 unspecified atom stereocenters. The summed E-state index contributed by atoms with van der Waals surface area (Å²) < 4.78 is 0. The van der Waals surface area contributed by atoms with Crippen LogP contribution in [0.15, 0.2) is 12.1 Å². The zero-order valence-electron chi connectivity index (χ0n) is 8.04. The van der Waals surface area contributed by atoms with E-state index in [1.54, 1.807) is 6.07 Å². The highest BCUT2D eigenvalue weighted by Gasteiger charge is 2.08. The van der Waals surface area contributed by atoms with Crippen LogP contribution >= 0.6 is 0 Å². The Labute approximate surface area is 78.4 Å². The van der Waals surface area contributed by atoms with Crippen LogP contribution in [0.25, 0.3) is 0 Å². The van der Waals surface area contributed by atoms with Crippen molar-refractivity contribution in [2.45, 2.75) is 20.0 Å². The summed E-state index contributed by atoms with van der Waals surface area (Å²) in [4.78, 5) is 0. The van der Waals surface area contributed by atoms with Crippen molar-refractivity contribution in [2.24, 2.45) is 5.73 Å². The van der Waals surface area contributed by atoms with E-state index >= 15 is 0 Å². The molecule has 0 spiro atoms. The van der Waals surface area contributed by atoms with Gasteiger partial charge in [-0.3, -0.25) is 0 Å². The van der Waals surface area contributed by atoms with Gasteiger partial charge < -0.3 is 16.6 Å². The van der Waals surface area contributed by atoms with E-state index in [0.29, 0.717) is 5.69 Å². The molecule has 1 aromatic carbocycles. The average molecular weight is 180 g/mol. The molecule has 0 aliphatic rings. The first-order valence-electron chi connectivity index (χ1n) is 4.31. The molecule has 5 N–H and O–H groups in total. The van der Waals surface area contributed by atoms with Gasteiger partial charge in [-0.2, -0.15) is 0 Å². The zero-order chi connectivity index (χ0) is 10.0. The molecule has 0 aliphatic heterocycles. The number of aryl methyl sites for hydroxylation is 1. The van der Waals surface area contributed by atoms with Crippen LogP contribution in [0.3, 0.4) is 0 Å². The van der Waals surface area contributed by atoms with E-state index in [9.17, 15) is 5.11 Å². The van der Waals surface area contributed by atoms with Crippen LogP contribution in [0, 0.1) is 13.8 Å². The summed E-state index contributed by atoms with van der Waals surface area (Å²) in [6, 6.07) is 3.70. The number of benzene rings is 1. The smallest absolute Gasteiger partial charge is 0.0913 e. The Morgan fingerprint density at radius 3 is 2.46 bits per heavy atom. The summed E-state index contributed by atoms with van der Waals surface area (Å²) in [7, 11) is 0. The summed E-state index contributed by atoms with van der Waals surface area (Å²) in [6.07, 6.45) is -0.610. The lowest BCUT2D eigenvalue weighted by molar-refractivity contribution is 0.186. The number of hydrogen-bond donors (Lipinski definition) is 3. The Balaban J connectivity index is 3.13. The van der Waals surface area contributed by atoms with Gasteiger partial charge in [0, 0.05) is 12.2 Å². The van der Waals surface area contributed by atoms with Gasteiger partial charge >= 0.3 is 0 Å². The van der Waals surface area contributed by atoms with Gasteiger partial charge in [-0.05, 0) is 36.6 Å². The lowest BCUT2D eigenvalue weighted by Gasteiger charge is -2.12. The highest BCUT2D eigenvalue weighted by Crippen LogP contribution is 2.22. The van der Waals surface area contributed by atoms with E-state index in [4.69, 9.17) is 11.5 Å². The number of nitrogen functional groups attached to an aromatic ring is 1. The van der Waals surface area contributed by atoms with Crippen molar-refractivity contribution in [2.75, 3.05) is 12.3 Å². The average Bonchev–Trinajstić information content (AvgIpc) is 2.12. The largest absolute Gasteiger partial charge is 0.398 e. The molecular weight excluding hydrogens is 164 g/mol. The Morgan fingerprint density at radius 2 is 2.00 bits per heavy atom. The topological polar surface area (TPSA) is 72.3 Å². The maximum atomic E-state index is 9.49.